The van der Waals surface area contributed by atoms with E-state index in [1.807, 2.05) is 0 Å². The van der Waals surface area contributed by atoms with Gasteiger partial charge in [-0.2, -0.15) is 0 Å². The third kappa shape index (κ3) is 4.90. The van der Waals surface area contributed by atoms with Crippen molar-refractivity contribution < 1.29 is 4.74 Å². The zero-order chi connectivity index (χ0) is 43.4. The molecule has 0 N–H and O–H groups in total. The lowest BCUT2D eigenvalue weighted by Gasteiger charge is -2.40. The molecular weight excluding hydrogens is 799 g/mol. The van der Waals surface area contributed by atoms with Crippen LogP contribution in [-0.2, 0) is 10.8 Å². The number of rotatable bonds is 5. The first-order valence-electron chi connectivity index (χ1n) is 22.9. The molecule has 0 saturated carbocycles. The number of hydrogen-bond donors (Lipinski definition) is 0. The normalized spacial score (nSPS) is 15.6. The highest BCUT2D eigenvalue weighted by Gasteiger charge is 2.52. The van der Waals surface area contributed by atoms with E-state index in [4.69, 9.17) is 4.74 Å². The summed E-state index contributed by atoms with van der Waals surface area (Å²) in [4.78, 5) is 2.53. The van der Waals surface area contributed by atoms with Gasteiger partial charge in [-0.1, -0.05) is 206 Å². The third-order valence-electron chi connectivity index (χ3n) is 14.8. The van der Waals surface area contributed by atoms with Gasteiger partial charge in [-0.3, -0.25) is 0 Å². The van der Waals surface area contributed by atoms with Gasteiger partial charge in [0, 0.05) is 28.1 Å². The quantitative estimate of drug-likeness (QED) is 0.171. The van der Waals surface area contributed by atoms with Crippen LogP contribution in [0.4, 0.5) is 17.1 Å². The number of hydrogen-bond acceptors (Lipinski definition) is 2. The zero-order valence-electron chi connectivity index (χ0n) is 36.0. The average molecular weight is 840 g/mol. The lowest BCUT2D eigenvalue weighted by Crippen LogP contribution is -2.32. The molecule has 1 unspecified atom stereocenters. The Labute approximate surface area is 384 Å². The first-order chi connectivity index (χ1) is 32.7. The molecule has 3 aliphatic rings. The maximum atomic E-state index is 6.93. The average Bonchev–Trinajstić information content (AvgIpc) is 3.85. The summed E-state index contributed by atoms with van der Waals surface area (Å²) in [5, 5.41) is 4.79. The zero-order valence-corrected chi connectivity index (χ0v) is 36.0. The molecule has 0 fully saturated rings. The first kappa shape index (κ1) is 37.0. The summed E-state index contributed by atoms with van der Waals surface area (Å²) in [6.07, 6.45) is 0. The molecule has 1 spiro atoms. The van der Waals surface area contributed by atoms with Crippen molar-refractivity contribution in [2.24, 2.45) is 0 Å². The Morgan fingerprint density at radius 3 is 1.67 bits per heavy atom. The molecule has 0 bridgehead atoms. The molecule has 11 aromatic carbocycles. The number of nitrogens with zero attached hydrogens (tertiary/aromatic N) is 1. The van der Waals surface area contributed by atoms with Gasteiger partial charge in [-0.25, -0.2) is 0 Å². The Bertz CT molecular complexity index is 3720. The first-order valence-corrected chi connectivity index (χ1v) is 22.9. The van der Waals surface area contributed by atoms with Gasteiger partial charge in [-0.05, 0) is 114 Å². The van der Waals surface area contributed by atoms with Crippen LogP contribution in [0.2, 0.25) is 0 Å². The SMILES string of the molecule is c1ccc(C2(c3ccccc3)c3ccccc3-c3c(N(c4ccc5c(c4)C4(c6ccccc6Oc6ccc7ccccc7c64)c4ccccc4-5)c4ccc5ccccc5c4)cccc32)cc1. The second-order valence-corrected chi connectivity index (χ2v) is 17.9. The summed E-state index contributed by atoms with van der Waals surface area (Å²) in [6, 6.07) is 92.0. The summed E-state index contributed by atoms with van der Waals surface area (Å²) >= 11 is 0. The molecule has 2 nitrogen and oxygen atoms in total. The molecule has 0 amide bonds. The van der Waals surface area contributed by atoms with Gasteiger partial charge < -0.3 is 9.64 Å². The highest BCUT2D eigenvalue weighted by Crippen LogP contribution is 2.65. The summed E-state index contributed by atoms with van der Waals surface area (Å²) in [7, 11) is 0. The Morgan fingerprint density at radius 1 is 0.318 bits per heavy atom. The molecule has 1 heterocycles. The maximum Gasteiger partial charge on any atom is 0.132 e. The predicted molar refractivity (Wildman–Crippen MR) is 271 cm³/mol. The highest BCUT2D eigenvalue weighted by atomic mass is 16.5. The molecule has 66 heavy (non-hydrogen) atoms. The van der Waals surface area contributed by atoms with Crippen molar-refractivity contribution in [2.45, 2.75) is 10.8 Å². The lowest BCUT2D eigenvalue weighted by molar-refractivity contribution is 0.438. The van der Waals surface area contributed by atoms with Gasteiger partial charge in [0.1, 0.15) is 11.5 Å². The van der Waals surface area contributed by atoms with E-state index in [1.165, 1.54) is 82.7 Å². The van der Waals surface area contributed by atoms with Gasteiger partial charge in [-0.15, -0.1) is 0 Å². The van der Waals surface area contributed by atoms with Crippen molar-refractivity contribution >= 4 is 38.6 Å². The van der Waals surface area contributed by atoms with E-state index >= 15 is 0 Å². The van der Waals surface area contributed by atoms with Gasteiger partial charge in [0.05, 0.1) is 16.5 Å². The van der Waals surface area contributed by atoms with Crippen LogP contribution in [0.25, 0.3) is 43.8 Å². The van der Waals surface area contributed by atoms with Crippen molar-refractivity contribution in [1.82, 2.24) is 0 Å². The molecule has 0 saturated heterocycles. The van der Waals surface area contributed by atoms with E-state index in [0.29, 0.717) is 0 Å². The Hall–Kier alpha value is -8.46. The number of anilines is 3. The van der Waals surface area contributed by atoms with E-state index in [1.54, 1.807) is 0 Å². The van der Waals surface area contributed by atoms with Crippen LogP contribution in [-0.4, -0.2) is 0 Å². The van der Waals surface area contributed by atoms with Crippen molar-refractivity contribution in [3.05, 3.63) is 293 Å². The third-order valence-corrected chi connectivity index (χ3v) is 14.8. The topological polar surface area (TPSA) is 12.5 Å². The van der Waals surface area contributed by atoms with Crippen molar-refractivity contribution in [3.63, 3.8) is 0 Å². The monoisotopic (exact) mass is 839 g/mol. The van der Waals surface area contributed by atoms with Crippen LogP contribution in [0.1, 0.15) is 44.5 Å². The van der Waals surface area contributed by atoms with E-state index in [9.17, 15) is 0 Å². The summed E-state index contributed by atoms with van der Waals surface area (Å²) < 4.78 is 6.93. The number of ether oxygens (including phenoxy) is 1. The van der Waals surface area contributed by atoms with Crippen molar-refractivity contribution in [2.75, 3.05) is 4.90 Å². The van der Waals surface area contributed by atoms with Crippen molar-refractivity contribution in [1.29, 1.82) is 0 Å². The largest absolute Gasteiger partial charge is 0.457 e. The molecule has 0 aromatic heterocycles. The molecule has 1 aliphatic heterocycles. The fourth-order valence-electron chi connectivity index (χ4n) is 12.2. The van der Waals surface area contributed by atoms with Crippen LogP contribution in [0.3, 0.4) is 0 Å². The number of para-hydroxylation sites is 1. The minimum absolute atomic E-state index is 0.542. The fraction of sp³-hybridized carbons (Fsp3) is 0.0312. The summed E-state index contributed by atoms with van der Waals surface area (Å²) in [5.41, 5.74) is 17.0. The van der Waals surface area contributed by atoms with Crippen molar-refractivity contribution in [3.8, 4) is 33.8 Å². The van der Waals surface area contributed by atoms with Gasteiger partial charge >= 0.3 is 0 Å². The van der Waals surface area contributed by atoms with Crippen LogP contribution in [0.5, 0.6) is 11.5 Å². The Kier molecular flexibility index (Phi) is 7.85. The predicted octanol–water partition coefficient (Wildman–Crippen LogP) is 16.3. The van der Waals surface area contributed by atoms with E-state index in [0.717, 1.165) is 34.1 Å². The molecule has 308 valence electrons. The second kappa shape index (κ2) is 14.0. The molecule has 2 heteroatoms. The summed E-state index contributed by atoms with van der Waals surface area (Å²) in [5.74, 6) is 1.78. The van der Waals surface area contributed by atoms with Crippen LogP contribution < -0.4 is 9.64 Å². The minimum Gasteiger partial charge on any atom is -0.457 e. The van der Waals surface area contributed by atoms with E-state index in [2.05, 4.69) is 254 Å². The fourth-order valence-corrected chi connectivity index (χ4v) is 12.2. The van der Waals surface area contributed by atoms with E-state index < -0.39 is 10.8 Å². The maximum absolute atomic E-state index is 6.93. The Morgan fingerprint density at radius 2 is 0.879 bits per heavy atom. The van der Waals surface area contributed by atoms with Crippen LogP contribution >= 0.6 is 0 Å². The van der Waals surface area contributed by atoms with Crippen LogP contribution in [0, 0.1) is 0 Å². The van der Waals surface area contributed by atoms with Gasteiger partial charge in [0.15, 0.2) is 0 Å². The standard InChI is InChI=1S/C64H41NO/c1-3-21-45(22-4-1)63(46-23-5-2-6-24-46)54-29-14-12-27-52(54)61-56(63)31-17-32-58(61)65(47-36-34-42-18-7-8-20-44(42)40-47)48-37-38-51-50-26-11-13-28-53(50)64(57(51)41-48)55-30-15-16-33-59(55)66-60-39-35-43-19-9-10-25-49(43)62(60)64/h1-41H. The molecule has 11 aromatic rings. The Balaban J connectivity index is 1.10. The molecule has 2 aliphatic carbocycles. The lowest BCUT2D eigenvalue weighted by atomic mass is 9.65. The highest BCUT2D eigenvalue weighted by molar-refractivity contribution is 6.01. The second-order valence-electron chi connectivity index (χ2n) is 17.9. The molecule has 0 radical (unpaired) electrons. The smallest absolute Gasteiger partial charge is 0.132 e. The minimum atomic E-state index is -0.664. The molecule has 1 atom stereocenters. The number of benzene rings is 11. The summed E-state index contributed by atoms with van der Waals surface area (Å²) in [6.45, 7) is 0. The van der Waals surface area contributed by atoms with Crippen LogP contribution in [0.15, 0.2) is 249 Å². The molecular formula is C64H41NO. The van der Waals surface area contributed by atoms with Gasteiger partial charge in [0.2, 0.25) is 0 Å². The number of fused-ring (bicyclic) bond motifs is 15. The van der Waals surface area contributed by atoms with E-state index in [-0.39, 0.29) is 0 Å². The van der Waals surface area contributed by atoms with Gasteiger partial charge in [0.25, 0.3) is 0 Å². The molecule has 14 rings (SSSR count).